The number of nitrogen functional groups attached to an aromatic ring is 1. The van der Waals surface area contributed by atoms with Crippen molar-refractivity contribution in [1.82, 2.24) is 5.32 Å². The average Bonchev–Trinajstić information content (AvgIpc) is 2.56. The van der Waals surface area contributed by atoms with Crippen LogP contribution < -0.4 is 15.8 Å². The quantitative estimate of drug-likeness (QED) is 0.766. The Morgan fingerprint density at radius 1 is 1.22 bits per heavy atom. The summed E-state index contributed by atoms with van der Waals surface area (Å²) >= 11 is 5.91. The van der Waals surface area contributed by atoms with Crippen LogP contribution in [0.3, 0.4) is 0 Å². The zero-order valence-electron chi connectivity index (χ0n) is 13.7. The van der Waals surface area contributed by atoms with Crippen molar-refractivity contribution in [2.45, 2.75) is 27.2 Å². The molecule has 2 aromatic rings. The molecule has 0 aliphatic heterocycles. The summed E-state index contributed by atoms with van der Waals surface area (Å²) in [7, 11) is 0. The third kappa shape index (κ3) is 5.83. The highest BCUT2D eigenvalue weighted by molar-refractivity contribution is 6.30. The number of amides is 1. The molecule has 4 nitrogen and oxygen atoms in total. The summed E-state index contributed by atoms with van der Waals surface area (Å²) in [6.45, 7) is 6.63. The number of ether oxygens (including phenoxy) is 1. The Morgan fingerprint density at radius 2 is 1.96 bits per heavy atom. The minimum atomic E-state index is -0.146. The van der Waals surface area contributed by atoms with Crippen molar-refractivity contribution in [2.24, 2.45) is 0 Å². The van der Waals surface area contributed by atoms with E-state index in [0.29, 0.717) is 34.3 Å². The van der Waals surface area contributed by atoms with Gasteiger partial charge >= 0.3 is 0 Å². The van der Waals surface area contributed by atoms with Gasteiger partial charge in [-0.25, -0.2) is 0 Å². The maximum Gasteiger partial charge on any atom is 0.251 e. The molecule has 124 valence electrons. The van der Waals surface area contributed by atoms with Crippen LogP contribution in [0.25, 0.3) is 0 Å². The second-order valence-corrected chi connectivity index (χ2v) is 5.00. The lowest BCUT2D eigenvalue weighted by atomic mass is 10.1. The van der Waals surface area contributed by atoms with Gasteiger partial charge in [0.1, 0.15) is 5.75 Å². The summed E-state index contributed by atoms with van der Waals surface area (Å²) in [6.07, 6.45) is 0.882. The second-order valence-electron chi connectivity index (χ2n) is 4.57. The van der Waals surface area contributed by atoms with Crippen LogP contribution >= 0.6 is 11.6 Å². The molecule has 0 unspecified atom stereocenters. The fraction of sp³-hybridized carbons (Fsp3) is 0.278. The number of rotatable bonds is 5. The van der Waals surface area contributed by atoms with E-state index in [9.17, 15) is 4.79 Å². The molecule has 0 aliphatic rings. The molecule has 0 radical (unpaired) electrons. The molecule has 5 heteroatoms. The van der Waals surface area contributed by atoms with Crippen LogP contribution in [0.5, 0.6) is 11.5 Å². The fourth-order valence-electron chi connectivity index (χ4n) is 1.76. The van der Waals surface area contributed by atoms with Gasteiger partial charge < -0.3 is 15.8 Å². The fourth-order valence-corrected chi connectivity index (χ4v) is 1.94. The van der Waals surface area contributed by atoms with Gasteiger partial charge in [-0.05, 0) is 42.8 Å². The summed E-state index contributed by atoms with van der Waals surface area (Å²) in [4.78, 5) is 11.9. The van der Waals surface area contributed by atoms with E-state index < -0.39 is 0 Å². The van der Waals surface area contributed by atoms with Gasteiger partial charge in [-0.15, -0.1) is 0 Å². The molecule has 2 aromatic carbocycles. The van der Waals surface area contributed by atoms with Crippen molar-refractivity contribution in [3.8, 4) is 11.5 Å². The minimum Gasteiger partial charge on any atom is -0.455 e. The molecule has 0 heterocycles. The van der Waals surface area contributed by atoms with E-state index in [0.717, 1.165) is 6.42 Å². The van der Waals surface area contributed by atoms with Crippen molar-refractivity contribution in [3.05, 3.63) is 53.1 Å². The monoisotopic (exact) mass is 334 g/mol. The van der Waals surface area contributed by atoms with Gasteiger partial charge in [0.25, 0.3) is 5.91 Å². The lowest BCUT2D eigenvalue weighted by Gasteiger charge is -2.11. The smallest absolute Gasteiger partial charge is 0.251 e. The number of benzene rings is 2. The molecule has 0 aromatic heterocycles. The number of carbonyl (C=O) groups excluding carboxylic acids is 1. The Hall–Kier alpha value is -2.20. The molecule has 23 heavy (non-hydrogen) atoms. The Kier molecular flexibility index (Phi) is 7.98. The van der Waals surface area contributed by atoms with Crippen molar-refractivity contribution in [2.75, 3.05) is 12.3 Å². The molecular weight excluding hydrogens is 312 g/mol. The molecular formula is C18H23ClN2O2. The summed E-state index contributed by atoms with van der Waals surface area (Å²) in [5.74, 6) is 0.856. The number of nitrogens with one attached hydrogen (secondary N) is 1. The normalized spacial score (nSPS) is 9.57. The highest BCUT2D eigenvalue weighted by Crippen LogP contribution is 2.29. The van der Waals surface area contributed by atoms with E-state index in [1.165, 1.54) is 0 Å². The third-order valence-corrected chi connectivity index (χ3v) is 3.07. The van der Waals surface area contributed by atoms with Crippen LogP contribution in [0.15, 0.2) is 42.5 Å². The van der Waals surface area contributed by atoms with E-state index in [4.69, 9.17) is 22.1 Å². The summed E-state index contributed by atoms with van der Waals surface area (Å²) in [5.41, 5.74) is 6.86. The molecule has 0 fully saturated rings. The van der Waals surface area contributed by atoms with Gasteiger partial charge in [0, 0.05) is 17.1 Å². The molecule has 0 bridgehead atoms. The minimum absolute atomic E-state index is 0.146. The van der Waals surface area contributed by atoms with Crippen molar-refractivity contribution < 1.29 is 9.53 Å². The molecule has 0 saturated heterocycles. The summed E-state index contributed by atoms with van der Waals surface area (Å²) in [6, 6.07) is 11.9. The van der Waals surface area contributed by atoms with E-state index in [1.54, 1.807) is 42.5 Å². The Bertz CT molecular complexity index is 645. The molecule has 1 amide bonds. The van der Waals surface area contributed by atoms with Gasteiger partial charge in [-0.1, -0.05) is 38.4 Å². The van der Waals surface area contributed by atoms with E-state index in [1.807, 2.05) is 20.8 Å². The van der Waals surface area contributed by atoms with Crippen LogP contribution in [0.2, 0.25) is 5.02 Å². The number of nitrogens with two attached hydrogens (primary N) is 1. The zero-order chi connectivity index (χ0) is 17.2. The highest BCUT2D eigenvalue weighted by Gasteiger charge is 2.09. The maximum absolute atomic E-state index is 11.9. The van der Waals surface area contributed by atoms with Crippen LogP contribution in [0.1, 0.15) is 37.6 Å². The van der Waals surface area contributed by atoms with E-state index in [-0.39, 0.29) is 5.91 Å². The average molecular weight is 335 g/mol. The molecule has 0 saturated carbocycles. The summed E-state index contributed by atoms with van der Waals surface area (Å²) < 4.78 is 5.70. The first-order chi connectivity index (χ1) is 11.1. The van der Waals surface area contributed by atoms with E-state index in [2.05, 4.69) is 5.32 Å². The van der Waals surface area contributed by atoms with Crippen molar-refractivity contribution in [1.29, 1.82) is 0 Å². The summed E-state index contributed by atoms with van der Waals surface area (Å²) in [5, 5.41) is 3.38. The Morgan fingerprint density at radius 3 is 2.61 bits per heavy atom. The highest BCUT2D eigenvalue weighted by atomic mass is 35.5. The van der Waals surface area contributed by atoms with Gasteiger partial charge in [0.05, 0.1) is 5.69 Å². The van der Waals surface area contributed by atoms with Crippen LogP contribution in [-0.2, 0) is 0 Å². The Balaban J connectivity index is 0.00000127. The lowest BCUT2D eigenvalue weighted by Crippen LogP contribution is -2.23. The van der Waals surface area contributed by atoms with Crippen LogP contribution in [0, 0.1) is 0 Å². The number of halogens is 1. The van der Waals surface area contributed by atoms with Gasteiger partial charge in [0.2, 0.25) is 0 Å². The topological polar surface area (TPSA) is 64.4 Å². The largest absolute Gasteiger partial charge is 0.455 e. The van der Waals surface area contributed by atoms with Gasteiger partial charge in [-0.2, -0.15) is 0 Å². The predicted molar refractivity (Wildman–Crippen MR) is 96.4 cm³/mol. The van der Waals surface area contributed by atoms with Gasteiger partial charge in [-0.3, -0.25) is 4.79 Å². The lowest BCUT2D eigenvalue weighted by molar-refractivity contribution is 0.0953. The molecule has 0 aliphatic carbocycles. The van der Waals surface area contributed by atoms with Crippen molar-refractivity contribution in [3.63, 3.8) is 0 Å². The zero-order valence-corrected chi connectivity index (χ0v) is 14.5. The standard InChI is InChI=1S/C16H17ClN2O2.C2H6/c1-2-8-19-16(20)11-6-7-14(18)15(9-11)21-13-5-3-4-12(17)10-13;1-2/h3-7,9-10H,2,8,18H2,1H3,(H,19,20);1-2H3. The molecule has 0 spiro atoms. The number of carbonyl (C=O) groups is 1. The number of anilines is 1. The number of hydrogen-bond donors (Lipinski definition) is 2. The van der Waals surface area contributed by atoms with Crippen molar-refractivity contribution >= 4 is 23.2 Å². The van der Waals surface area contributed by atoms with Gasteiger partial charge in [0.15, 0.2) is 5.75 Å². The first-order valence-electron chi connectivity index (χ1n) is 7.71. The first kappa shape index (κ1) is 18.8. The third-order valence-electron chi connectivity index (χ3n) is 2.84. The van der Waals surface area contributed by atoms with Crippen LogP contribution in [-0.4, -0.2) is 12.5 Å². The predicted octanol–water partition coefficient (Wildman–Crippen LogP) is 4.88. The molecule has 3 N–H and O–H groups in total. The van der Waals surface area contributed by atoms with E-state index >= 15 is 0 Å². The number of hydrogen-bond acceptors (Lipinski definition) is 3. The van der Waals surface area contributed by atoms with Crippen LogP contribution in [0.4, 0.5) is 5.69 Å². The first-order valence-corrected chi connectivity index (χ1v) is 8.09. The maximum atomic E-state index is 11.9. The Labute approximate surface area is 142 Å². The SMILES string of the molecule is CC.CCCNC(=O)c1ccc(N)c(Oc2cccc(Cl)c2)c1. The molecule has 0 atom stereocenters. The molecule has 2 rings (SSSR count). The second kappa shape index (κ2) is 9.74.